The lowest BCUT2D eigenvalue weighted by Crippen LogP contribution is -2.28. The molecule has 0 bridgehead atoms. The molecule has 124 valence electrons. The van der Waals surface area contributed by atoms with E-state index < -0.39 is 0 Å². The highest BCUT2D eigenvalue weighted by Crippen LogP contribution is 2.17. The summed E-state index contributed by atoms with van der Waals surface area (Å²) in [4.78, 5) is 18.4. The van der Waals surface area contributed by atoms with Crippen LogP contribution in [0.25, 0.3) is 0 Å². The van der Waals surface area contributed by atoms with Gasteiger partial charge in [-0.1, -0.05) is 0 Å². The van der Waals surface area contributed by atoms with Crippen LogP contribution in [0.1, 0.15) is 35.2 Å². The minimum Gasteiger partial charge on any atom is -0.338 e. The molecule has 0 fully saturated rings. The first-order chi connectivity index (χ1) is 11.1. The van der Waals surface area contributed by atoms with Crippen LogP contribution in [0.4, 0.5) is 0 Å². The minimum atomic E-state index is 0.155. The van der Waals surface area contributed by atoms with Gasteiger partial charge in [-0.2, -0.15) is 11.8 Å². The van der Waals surface area contributed by atoms with E-state index in [4.69, 9.17) is 0 Å². The van der Waals surface area contributed by atoms with E-state index in [1.807, 2.05) is 14.0 Å². The third-order valence-electron chi connectivity index (χ3n) is 3.87. The summed E-state index contributed by atoms with van der Waals surface area (Å²) >= 11 is 3.43. The highest BCUT2D eigenvalue weighted by atomic mass is 32.2. The molecule has 23 heavy (non-hydrogen) atoms. The molecule has 1 amide bonds. The molecule has 0 spiro atoms. The van der Waals surface area contributed by atoms with Crippen molar-refractivity contribution in [1.82, 2.24) is 24.6 Å². The molecule has 0 aliphatic carbocycles. The molecule has 0 saturated heterocycles. The average molecular weight is 352 g/mol. The largest absolute Gasteiger partial charge is 0.338 e. The van der Waals surface area contributed by atoms with Crippen LogP contribution in [-0.2, 0) is 30.1 Å². The molecule has 0 radical (unpaired) electrons. The maximum absolute atomic E-state index is 12.2. The Balaban J connectivity index is 1.41. The lowest BCUT2D eigenvalue weighted by molar-refractivity contribution is -0.130. The molecule has 1 aliphatic rings. The van der Waals surface area contributed by atoms with E-state index in [1.54, 1.807) is 28.0 Å². The second-order valence-corrected chi connectivity index (χ2v) is 7.87. The number of aromatic nitrogens is 4. The van der Waals surface area contributed by atoms with E-state index >= 15 is 0 Å². The molecule has 1 aliphatic heterocycles. The normalized spacial score (nSPS) is 13.3. The number of hydrogen-bond donors (Lipinski definition) is 0. The van der Waals surface area contributed by atoms with Gasteiger partial charge in [-0.05, 0) is 13.3 Å². The van der Waals surface area contributed by atoms with Gasteiger partial charge >= 0.3 is 0 Å². The standard InChI is InChI=1S/C15H21N5OS2/c1-11-16-12(10-23-11)9-22-7-5-15(21)19(2)8-14-18-17-13-4-3-6-20(13)14/h10H,3-9H2,1-2H3. The summed E-state index contributed by atoms with van der Waals surface area (Å²) in [6, 6.07) is 0. The molecule has 0 aromatic carbocycles. The number of thioether (sulfide) groups is 1. The Kier molecular flexibility index (Phi) is 5.32. The van der Waals surface area contributed by atoms with Crippen LogP contribution in [0, 0.1) is 6.92 Å². The number of aryl methyl sites for hydroxylation is 2. The van der Waals surface area contributed by atoms with E-state index in [-0.39, 0.29) is 5.91 Å². The summed E-state index contributed by atoms with van der Waals surface area (Å²) < 4.78 is 2.14. The maximum Gasteiger partial charge on any atom is 0.223 e. The van der Waals surface area contributed by atoms with Crippen LogP contribution >= 0.6 is 23.1 Å². The summed E-state index contributed by atoms with van der Waals surface area (Å²) in [6.45, 7) is 3.53. The molecule has 0 atom stereocenters. The monoisotopic (exact) mass is 351 g/mol. The Hall–Kier alpha value is -1.41. The van der Waals surface area contributed by atoms with Gasteiger partial charge in [0.2, 0.25) is 5.91 Å². The Bertz CT molecular complexity index is 681. The zero-order chi connectivity index (χ0) is 16.2. The zero-order valence-electron chi connectivity index (χ0n) is 13.5. The maximum atomic E-state index is 12.2. The van der Waals surface area contributed by atoms with Gasteiger partial charge in [0, 0.05) is 43.3 Å². The van der Waals surface area contributed by atoms with Crippen molar-refractivity contribution in [3.05, 3.63) is 27.7 Å². The quantitative estimate of drug-likeness (QED) is 0.716. The third kappa shape index (κ3) is 4.11. The second kappa shape index (κ2) is 7.44. The van der Waals surface area contributed by atoms with Gasteiger partial charge in [-0.3, -0.25) is 4.79 Å². The summed E-state index contributed by atoms with van der Waals surface area (Å²) in [6.07, 6.45) is 2.67. The van der Waals surface area contributed by atoms with Crippen molar-refractivity contribution in [3.8, 4) is 0 Å². The van der Waals surface area contributed by atoms with E-state index in [1.165, 1.54) is 0 Å². The number of carbonyl (C=O) groups excluding carboxylic acids is 1. The van der Waals surface area contributed by atoms with E-state index in [0.717, 1.165) is 53.2 Å². The Morgan fingerprint density at radius 1 is 1.48 bits per heavy atom. The minimum absolute atomic E-state index is 0.155. The van der Waals surface area contributed by atoms with Gasteiger partial charge in [0.1, 0.15) is 5.82 Å². The summed E-state index contributed by atoms with van der Waals surface area (Å²) in [5.74, 6) is 3.80. The average Bonchev–Trinajstić information content (AvgIpc) is 3.22. The number of hydrogen-bond acceptors (Lipinski definition) is 6. The first-order valence-corrected chi connectivity index (χ1v) is 9.80. The highest BCUT2D eigenvalue weighted by Gasteiger charge is 2.19. The predicted octanol–water partition coefficient (Wildman–Crippen LogP) is 2.27. The molecular formula is C15H21N5OS2. The molecule has 6 nitrogen and oxygen atoms in total. The van der Waals surface area contributed by atoms with Gasteiger partial charge in [0.15, 0.2) is 5.82 Å². The number of amides is 1. The van der Waals surface area contributed by atoms with Crippen LogP contribution < -0.4 is 0 Å². The molecule has 0 saturated carbocycles. The number of nitrogens with zero attached hydrogens (tertiary/aromatic N) is 5. The highest BCUT2D eigenvalue weighted by molar-refractivity contribution is 7.98. The van der Waals surface area contributed by atoms with Crippen LogP contribution in [0.2, 0.25) is 0 Å². The lowest BCUT2D eigenvalue weighted by atomic mass is 10.4. The topological polar surface area (TPSA) is 63.9 Å². The molecular weight excluding hydrogens is 330 g/mol. The number of rotatable bonds is 7. The van der Waals surface area contributed by atoms with Gasteiger partial charge in [-0.25, -0.2) is 4.98 Å². The van der Waals surface area contributed by atoms with Crippen LogP contribution in [0.3, 0.4) is 0 Å². The fourth-order valence-electron chi connectivity index (χ4n) is 2.63. The van der Waals surface area contributed by atoms with Crippen LogP contribution in [-0.4, -0.2) is 43.4 Å². The van der Waals surface area contributed by atoms with E-state index in [9.17, 15) is 4.79 Å². The first kappa shape index (κ1) is 16.4. The van der Waals surface area contributed by atoms with Crippen molar-refractivity contribution >= 4 is 29.0 Å². The second-order valence-electron chi connectivity index (χ2n) is 5.70. The summed E-state index contributed by atoms with van der Waals surface area (Å²) in [7, 11) is 1.84. The molecule has 0 unspecified atom stereocenters. The van der Waals surface area contributed by atoms with Crippen molar-refractivity contribution in [3.63, 3.8) is 0 Å². The van der Waals surface area contributed by atoms with Crippen LogP contribution in [0.5, 0.6) is 0 Å². The zero-order valence-corrected chi connectivity index (χ0v) is 15.1. The molecule has 2 aromatic heterocycles. The smallest absolute Gasteiger partial charge is 0.223 e. The SMILES string of the molecule is Cc1nc(CSCCC(=O)N(C)Cc2nnc3n2CCC3)cs1. The van der Waals surface area contributed by atoms with Crippen molar-refractivity contribution in [2.75, 3.05) is 12.8 Å². The third-order valence-corrected chi connectivity index (χ3v) is 5.68. The number of thiazole rings is 1. The fourth-order valence-corrected chi connectivity index (χ4v) is 4.17. The predicted molar refractivity (Wildman–Crippen MR) is 92.4 cm³/mol. The summed E-state index contributed by atoms with van der Waals surface area (Å²) in [5.41, 5.74) is 1.11. The van der Waals surface area contributed by atoms with Gasteiger partial charge in [0.25, 0.3) is 0 Å². The fraction of sp³-hybridized carbons (Fsp3) is 0.600. The molecule has 3 heterocycles. The van der Waals surface area contributed by atoms with Gasteiger partial charge in [-0.15, -0.1) is 21.5 Å². The Morgan fingerprint density at radius 2 is 2.35 bits per heavy atom. The Labute approximate surface area is 144 Å². The van der Waals surface area contributed by atoms with Crippen molar-refractivity contribution in [2.45, 2.75) is 45.0 Å². The lowest BCUT2D eigenvalue weighted by Gasteiger charge is -2.16. The van der Waals surface area contributed by atoms with E-state index in [2.05, 4.69) is 25.1 Å². The molecule has 3 rings (SSSR count). The van der Waals surface area contributed by atoms with E-state index in [0.29, 0.717) is 13.0 Å². The number of fused-ring (bicyclic) bond motifs is 1. The van der Waals surface area contributed by atoms with Gasteiger partial charge < -0.3 is 9.47 Å². The Morgan fingerprint density at radius 3 is 3.13 bits per heavy atom. The molecule has 2 aromatic rings. The summed E-state index contributed by atoms with van der Waals surface area (Å²) in [5, 5.41) is 11.6. The van der Waals surface area contributed by atoms with Crippen LogP contribution in [0.15, 0.2) is 5.38 Å². The first-order valence-electron chi connectivity index (χ1n) is 7.77. The van der Waals surface area contributed by atoms with Gasteiger partial charge in [0.05, 0.1) is 17.2 Å². The number of carbonyl (C=O) groups is 1. The van der Waals surface area contributed by atoms with Crippen molar-refractivity contribution in [1.29, 1.82) is 0 Å². The molecule has 0 N–H and O–H groups in total. The van der Waals surface area contributed by atoms with Crippen molar-refractivity contribution < 1.29 is 4.79 Å². The molecule has 8 heteroatoms. The van der Waals surface area contributed by atoms with Crippen molar-refractivity contribution in [2.24, 2.45) is 0 Å².